The maximum Gasteiger partial charge on any atom is 0.274 e. The van der Waals surface area contributed by atoms with Gasteiger partial charge in [0.1, 0.15) is 24.7 Å². The third kappa shape index (κ3) is 11.2. The van der Waals surface area contributed by atoms with Crippen LogP contribution in [-0.4, -0.2) is 95.1 Å². The molecule has 0 bridgehead atoms. The summed E-state index contributed by atoms with van der Waals surface area (Å²) in [6.07, 6.45) is 4.22. The molecular formula is C45H49N3O8. The number of aromatic nitrogens is 1. The van der Waals surface area contributed by atoms with Crippen LogP contribution in [0.4, 0.5) is 5.69 Å². The van der Waals surface area contributed by atoms with Crippen molar-refractivity contribution in [2.45, 2.75) is 19.9 Å². The predicted octanol–water partition coefficient (Wildman–Crippen LogP) is 7.20. The highest BCUT2D eigenvalue weighted by molar-refractivity contribution is 6.09. The van der Waals surface area contributed by atoms with E-state index in [0.29, 0.717) is 68.9 Å². The molecule has 6 rings (SSSR count). The zero-order valence-corrected chi connectivity index (χ0v) is 32.3. The number of allylic oxidation sites excluding steroid dienone is 1. The number of nitrogens with one attached hydrogen (secondary N) is 1. The van der Waals surface area contributed by atoms with Gasteiger partial charge in [0.2, 0.25) is 0 Å². The number of ketones is 1. The first-order valence-corrected chi connectivity index (χ1v) is 18.8. The second-order valence-electron chi connectivity index (χ2n) is 13.4. The molecule has 1 aliphatic rings. The first-order chi connectivity index (χ1) is 27.4. The summed E-state index contributed by atoms with van der Waals surface area (Å²) in [4.78, 5) is 33.0. The molecule has 2 heterocycles. The first kappa shape index (κ1) is 40.1. The predicted molar refractivity (Wildman–Crippen MR) is 217 cm³/mol. The number of amides is 1. The van der Waals surface area contributed by atoms with Gasteiger partial charge in [-0.2, -0.15) is 0 Å². The Hall–Kier alpha value is -5.59. The van der Waals surface area contributed by atoms with E-state index in [0.717, 1.165) is 59.6 Å². The minimum atomic E-state index is -0.335. The standard InChI is InChI=1S/C45H49N3O8/c1-32-8-12-36(28-41(32)47-45(50)40-16-13-34-6-4-5-7-39(34)46-40)42(49)17-11-33-9-14-38(15-10-33)55-21-20-48-19-18-35-29-43(52-3)44(30-37(35)31-48)56-27-26-54-25-24-53-23-22-51-2/h4-17,28-30H,18-27,31H2,1-3H3,(H,47,50)/b17-11+. The van der Waals surface area contributed by atoms with Gasteiger partial charge in [-0.25, -0.2) is 4.98 Å². The van der Waals surface area contributed by atoms with Gasteiger partial charge in [-0.05, 0) is 84.1 Å². The van der Waals surface area contributed by atoms with Gasteiger partial charge in [-0.3, -0.25) is 14.5 Å². The van der Waals surface area contributed by atoms with E-state index in [1.165, 1.54) is 17.2 Å². The van der Waals surface area contributed by atoms with Crippen molar-refractivity contribution in [1.82, 2.24) is 9.88 Å². The zero-order valence-electron chi connectivity index (χ0n) is 32.3. The number of anilines is 1. The Kier molecular flexibility index (Phi) is 14.6. The smallest absolute Gasteiger partial charge is 0.274 e. The molecule has 5 aromatic rings. The number of methoxy groups -OCH3 is 2. The molecule has 1 amide bonds. The van der Waals surface area contributed by atoms with Gasteiger partial charge in [0.25, 0.3) is 5.91 Å². The molecule has 56 heavy (non-hydrogen) atoms. The number of hydrogen-bond acceptors (Lipinski definition) is 10. The van der Waals surface area contributed by atoms with Crippen molar-refractivity contribution in [3.63, 3.8) is 0 Å². The lowest BCUT2D eigenvalue weighted by Crippen LogP contribution is -2.33. The molecule has 0 atom stereocenters. The number of pyridine rings is 1. The third-order valence-electron chi connectivity index (χ3n) is 9.45. The molecule has 4 aromatic carbocycles. The van der Waals surface area contributed by atoms with Crippen LogP contribution >= 0.6 is 0 Å². The second kappa shape index (κ2) is 20.4. The van der Waals surface area contributed by atoms with Crippen molar-refractivity contribution >= 4 is 34.4 Å². The largest absolute Gasteiger partial charge is 0.493 e. The molecule has 292 valence electrons. The fourth-order valence-corrected chi connectivity index (χ4v) is 6.29. The lowest BCUT2D eigenvalue weighted by Gasteiger charge is -2.29. The van der Waals surface area contributed by atoms with Crippen LogP contribution in [-0.2, 0) is 27.2 Å². The number of fused-ring (bicyclic) bond motifs is 2. The number of aryl methyl sites for hydroxylation is 1. The van der Waals surface area contributed by atoms with Crippen LogP contribution in [0, 0.1) is 6.92 Å². The molecule has 11 heteroatoms. The van der Waals surface area contributed by atoms with Gasteiger partial charge in [0, 0.05) is 43.4 Å². The number of rotatable bonds is 20. The van der Waals surface area contributed by atoms with Crippen LogP contribution in [0.1, 0.15) is 43.1 Å². The summed E-state index contributed by atoms with van der Waals surface area (Å²) in [7, 11) is 3.31. The maximum absolute atomic E-state index is 13.1. The van der Waals surface area contributed by atoms with E-state index in [1.807, 2.05) is 67.6 Å². The molecular weight excluding hydrogens is 711 g/mol. The fourth-order valence-electron chi connectivity index (χ4n) is 6.29. The van der Waals surface area contributed by atoms with Crippen LogP contribution in [0.25, 0.3) is 17.0 Å². The molecule has 0 fully saturated rings. The Morgan fingerprint density at radius 2 is 1.55 bits per heavy atom. The average molecular weight is 760 g/mol. The van der Waals surface area contributed by atoms with Crippen molar-refractivity contribution in [2.75, 3.05) is 78.9 Å². The van der Waals surface area contributed by atoms with Crippen LogP contribution in [0.5, 0.6) is 17.2 Å². The molecule has 0 aliphatic carbocycles. The Bertz CT molecular complexity index is 2120. The third-order valence-corrected chi connectivity index (χ3v) is 9.45. The summed E-state index contributed by atoms with van der Waals surface area (Å²) < 4.78 is 33.7. The van der Waals surface area contributed by atoms with E-state index in [9.17, 15) is 9.59 Å². The molecule has 0 saturated heterocycles. The number of benzene rings is 4. The lowest BCUT2D eigenvalue weighted by molar-refractivity contribution is 0.0178. The number of hydrogen-bond donors (Lipinski definition) is 1. The molecule has 1 aromatic heterocycles. The van der Waals surface area contributed by atoms with E-state index in [2.05, 4.69) is 27.3 Å². The number of carbonyl (C=O) groups is 2. The fraction of sp³-hybridized carbons (Fsp3) is 0.311. The monoisotopic (exact) mass is 759 g/mol. The lowest BCUT2D eigenvalue weighted by atomic mass is 9.99. The first-order valence-electron chi connectivity index (χ1n) is 18.8. The van der Waals surface area contributed by atoms with Crippen molar-refractivity contribution in [1.29, 1.82) is 0 Å². The summed E-state index contributed by atoms with van der Waals surface area (Å²) in [6.45, 7) is 7.93. The van der Waals surface area contributed by atoms with E-state index >= 15 is 0 Å². The minimum Gasteiger partial charge on any atom is -0.493 e. The number of nitrogens with zero attached hydrogens (tertiary/aromatic N) is 2. The van der Waals surface area contributed by atoms with Crippen molar-refractivity contribution < 1.29 is 38.0 Å². The van der Waals surface area contributed by atoms with E-state index < -0.39 is 0 Å². The normalized spacial score (nSPS) is 12.8. The highest BCUT2D eigenvalue weighted by Gasteiger charge is 2.20. The quantitative estimate of drug-likeness (QED) is 0.0496. The van der Waals surface area contributed by atoms with Gasteiger partial charge in [0.15, 0.2) is 17.3 Å². The Morgan fingerprint density at radius 3 is 2.36 bits per heavy atom. The average Bonchev–Trinajstić information content (AvgIpc) is 3.22. The SMILES string of the molecule is COCCOCCOCCOc1cc2c(cc1OC)CCN(CCOc1ccc(/C=C/C(=O)c3ccc(C)c(NC(=O)c4ccc5ccccc5n4)c3)cc1)C2. The van der Waals surface area contributed by atoms with Crippen molar-refractivity contribution in [3.8, 4) is 17.2 Å². The highest BCUT2D eigenvalue weighted by Crippen LogP contribution is 2.33. The molecule has 1 N–H and O–H groups in total. The number of carbonyl (C=O) groups excluding carboxylic acids is 2. The van der Waals surface area contributed by atoms with Gasteiger partial charge in [0.05, 0.1) is 45.7 Å². The minimum absolute atomic E-state index is 0.172. The van der Waals surface area contributed by atoms with Crippen LogP contribution in [0.3, 0.4) is 0 Å². The highest BCUT2D eigenvalue weighted by atomic mass is 16.6. The summed E-state index contributed by atoms with van der Waals surface area (Å²) in [6, 6.07) is 28.3. The number of ether oxygens (including phenoxy) is 6. The van der Waals surface area contributed by atoms with Crippen LogP contribution in [0.2, 0.25) is 0 Å². The summed E-state index contributed by atoms with van der Waals surface area (Å²) in [5, 5.41) is 3.88. The number of para-hydroxylation sites is 1. The summed E-state index contributed by atoms with van der Waals surface area (Å²) >= 11 is 0. The maximum atomic E-state index is 13.1. The molecule has 0 saturated carbocycles. The molecule has 11 nitrogen and oxygen atoms in total. The zero-order chi connectivity index (χ0) is 39.1. The van der Waals surface area contributed by atoms with E-state index in [1.54, 1.807) is 38.5 Å². The summed E-state index contributed by atoms with van der Waals surface area (Å²) in [5.41, 5.74) is 6.28. The van der Waals surface area contributed by atoms with Gasteiger partial charge in [-0.1, -0.05) is 54.6 Å². The van der Waals surface area contributed by atoms with Crippen molar-refractivity contribution in [3.05, 3.63) is 131 Å². The second-order valence-corrected chi connectivity index (χ2v) is 13.4. The van der Waals surface area contributed by atoms with Crippen molar-refractivity contribution in [2.24, 2.45) is 0 Å². The van der Waals surface area contributed by atoms with Gasteiger partial charge in [-0.15, -0.1) is 0 Å². The Labute approximate surface area is 328 Å². The molecule has 0 radical (unpaired) electrons. The van der Waals surface area contributed by atoms with Crippen LogP contribution in [0.15, 0.2) is 97.1 Å². The van der Waals surface area contributed by atoms with Gasteiger partial charge < -0.3 is 33.7 Å². The molecule has 1 aliphatic heterocycles. The molecule has 0 spiro atoms. The van der Waals surface area contributed by atoms with E-state index in [-0.39, 0.29) is 11.7 Å². The summed E-state index contributed by atoms with van der Waals surface area (Å²) in [5.74, 6) is 1.69. The topological polar surface area (TPSA) is 118 Å². The Balaban J connectivity index is 0.947. The molecule has 0 unspecified atom stereocenters. The van der Waals surface area contributed by atoms with Gasteiger partial charge >= 0.3 is 0 Å². The van der Waals surface area contributed by atoms with E-state index in [4.69, 9.17) is 28.4 Å². The van der Waals surface area contributed by atoms with Crippen LogP contribution < -0.4 is 19.5 Å². The Morgan fingerprint density at radius 1 is 0.786 bits per heavy atom.